The first-order chi connectivity index (χ1) is 10.1. The maximum atomic E-state index is 12.0. The van der Waals surface area contributed by atoms with Crippen molar-refractivity contribution in [3.63, 3.8) is 0 Å². The van der Waals surface area contributed by atoms with Crippen LogP contribution in [0.2, 0.25) is 0 Å². The number of carbonyl (C=O) groups is 2. The predicted octanol–water partition coefficient (Wildman–Crippen LogP) is 0.499. The largest absolute Gasteiger partial charge is 0.480 e. The molecule has 7 nitrogen and oxygen atoms in total. The number of hydrogen-bond acceptors (Lipinski definition) is 4. The molecule has 8 heteroatoms. The molecule has 0 unspecified atom stereocenters. The molecule has 0 fully saturated rings. The zero-order valence-electron chi connectivity index (χ0n) is 12.7. The molecule has 0 aliphatic heterocycles. The van der Waals surface area contributed by atoms with Crippen LogP contribution in [-0.4, -0.2) is 38.0 Å². The van der Waals surface area contributed by atoms with Gasteiger partial charge in [0.25, 0.3) is 0 Å². The number of hydrogen-bond donors (Lipinski definition) is 3. The summed E-state index contributed by atoms with van der Waals surface area (Å²) in [6.07, 6.45) is 0. The number of rotatable bonds is 7. The van der Waals surface area contributed by atoms with E-state index in [2.05, 4.69) is 10.0 Å². The van der Waals surface area contributed by atoms with Crippen molar-refractivity contribution in [1.82, 2.24) is 10.0 Å². The summed E-state index contributed by atoms with van der Waals surface area (Å²) in [6.45, 7) is 4.60. The van der Waals surface area contributed by atoms with Crippen LogP contribution >= 0.6 is 0 Å². The molecule has 0 aromatic heterocycles. The monoisotopic (exact) mass is 328 g/mol. The molecule has 1 amide bonds. The summed E-state index contributed by atoms with van der Waals surface area (Å²) in [5.41, 5.74) is 0.915. The molecule has 1 rings (SSSR count). The van der Waals surface area contributed by atoms with E-state index in [-0.39, 0.29) is 10.8 Å². The molecular formula is C14H20N2O5S. The molecular weight excluding hydrogens is 308 g/mol. The Labute approximate surface area is 129 Å². The molecule has 0 saturated carbocycles. The molecule has 1 atom stereocenters. The first-order valence-corrected chi connectivity index (χ1v) is 8.20. The van der Waals surface area contributed by atoms with Crippen molar-refractivity contribution in [2.45, 2.75) is 31.7 Å². The second kappa shape index (κ2) is 7.37. The van der Waals surface area contributed by atoms with Gasteiger partial charge < -0.3 is 10.4 Å². The maximum Gasteiger partial charge on any atom is 0.326 e. The molecule has 122 valence electrons. The number of nitrogens with one attached hydrogen (secondary N) is 2. The van der Waals surface area contributed by atoms with Crippen molar-refractivity contribution in [1.29, 1.82) is 0 Å². The summed E-state index contributed by atoms with van der Waals surface area (Å²) in [5.74, 6) is -2.17. The van der Waals surface area contributed by atoms with Crippen LogP contribution in [0, 0.1) is 12.8 Å². The molecule has 3 N–H and O–H groups in total. The number of aliphatic carboxylic acids is 1. The molecule has 0 heterocycles. The third kappa shape index (κ3) is 5.12. The number of carboxylic acid groups (broad SMARTS) is 1. The zero-order chi connectivity index (χ0) is 16.9. The van der Waals surface area contributed by atoms with Gasteiger partial charge in [-0.1, -0.05) is 31.5 Å². The van der Waals surface area contributed by atoms with Gasteiger partial charge in [-0.05, 0) is 25.0 Å². The Hall–Kier alpha value is -1.93. The minimum Gasteiger partial charge on any atom is -0.480 e. The summed E-state index contributed by atoms with van der Waals surface area (Å²) < 4.78 is 26.1. The maximum absolute atomic E-state index is 12.0. The first-order valence-electron chi connectivity index (χ1n) is 6.72. The van der Waals surface area contributed by atoms with Crippen molar-refractivity contribution in [2.75, 3.05) is 6.54 Å². The van der Waals surface area contributed by atoms with E-state index in [9.17, 15) is 18.0 Å². The highest BCUT2D eigenvalue weighted by molar-refractivity contribution is 7.89. The SMILES string of the molecule is Cc1ccc(S(=O)(=O)NCC(=O)N[C@H](C(=O)O)C(C)C)cc1. The van der Waals surface area contributed by atoms with E-state index in [1.165, 1.54) is 12.1 Å². The third-order valence-corrected chi connectivity index (χ3v) is 4.42. The van der Waals surface area contributed by atoms with Crippen LogP contribution < -0.4 is 10.0 Å². The van der Waals surface area contributed by atoms with Crippen LogP contribution in [0.5, 0.6) is 0 Å². The van der Waals surface area contributed by atoms with E-state index in [1.807, 2.05) is 6.92 Å². The lowest BCUT2D eigenvalue weighted by Gasteiger charge is -2.18. The van der Waals surface area contributed by atoms with E-state index in [1.54, 1.807) is 26.0 Å². The molecule has 0 aliphatic carbocycles. The van der Waals surface area contributed by atoms with Gasteiger partial charge in [0.05, 0.1) is 11.4 Å². The van der Waals surface area contributed by atoms with Crippen molar-refractivity contribution in [3.8, 4) is 0 Å². The van der Waals surface area contributed by atoms with E-state index < -0.39 is 34.5 Å². The number of benzene rings is 1. The Bertz CT molecular complexity index is 638. The van der Waals surface area contributed by atoms with Crippen molar-refractivity contribution in [2.24, 2.45) is 5.92 Å². The standard InChI is InChI=1S/C14H20N2O5S/c1-9(2)13(14(18)19)16-12(17)8-15-22(20,21)11-6-4-10(3)5-7-11/h4-7,9,13,15H,8H2,1-3H3,(H,16,17)(H,18,19)/t13-/m0/s1. The average Bonchev–Trinajstić information content (AvgIpc) is 2.42. The minimum absolute atomic E-state index is 0.0459. The number of carboxylic acids is 1. The number of sulfonamides is 1. The van der Waals surface area contributed by atoms with E-state index in [0.29, 0.717) is 0 Å². The molecule has 0 bridgehead atoms. The fourth-order valence-corrected chi connectivity index (χ4v) is 2.68. The quantitative estimate of drug-likeness (QED) is 0.674. The fraction of sp³-hybridized carbons (Fsp3) is 0.429. The Morgan fingerprint density at radius 1 is 1.18 bits per heavy atom. The molecule has 0 saturated heterocycles. The van der Waals surface area contributed by atoms with Gasteiger partial charge >= 0.3 is 5.97 Å². The highest BCUT2D eigenvalue weighted by Crippen LogP contribution is 2.09. The van der Waals surface area contributed by atoms with E-state index in [4.69, 9.17) is 5.11 Å². The molecule has 22 heavy (non-hydrogen) atoms. The van der Waals surface area contributed by atoms with Crippen LogP contribution in [0.4, 0.5) is 0 Å². The van der Waals surface area contributed by atoms with Crippen LogP contribution in [0.25, 0.3) is 0 Å². The molecule has 1 aromatic carbocycles. The van der Waals surface area contributed by atoms with Crippen LogP contribution in [-0.2, 0) is 19.6 Å². The van der Waals surface area contributed by atoms with E-state index in [0.717, 1.165) is 5.56 Å². The van der Waals surface area contributed by atoms with Gasteiger partial charge in [-0.2, -0.15) is 0 Å². The van der Waals surface area contributed by atoms with Gasteiger partial charge in [0.2, 0.25) is 15.9 Å². The van der Waals surface area contributed by atoms with Gasteiger partial charge in [-0.15, -0.1) is 0 Å². The van der Waals surface area contributed by atoms with Gasteiger partial charge in [0, 0.05) is 0 Å². The summed E-state index contributed by atoms with van der Waals surface area (Å²) in [5, 5.41) is 11.3. The lowest BCUT2D eigenvalue weighted by atomic mass is 10.1. The number of aryl methyl sites for hydroxylation is 1. The predicted molar refractivity (Wildman–Crippen MR) is 80.8 cm³/mol. The zero-order valence-corrected chi connectivity index (χ0v) is 13.5. The third-order valence-electron chi connectivity index (χ3n) is 3.00. The normalized spacial score (nSPS) is 12.9. The van der Waals surface area contributed by atoms with Gasteiger partial charge in [-0.25, -0.2) is 17.9 Å². The number of amides is 1. The summed E-state index contributed by atoms with van der Waals surface area (Å²) in [6, 6.07) is 5.10. The Balaban J connectivity index is 2.66. The fourth-order valence-electron chi connectivity index (χ4n) is 1.70. The minimum atomic E-state index is -3.81. The Kier molecular flexibility index (Phi) is 6.07. The first kappa shape index (κ1) is 18.1. The van der Waals surface area contributed by atoms with Crippen molar-refractivity contribution in [3.05, 3.63) is 29.8 Å². The van der Waals surface area contributed by atoms with Crippen LogP contribution in [0.1, 0.15) is 19.4 Å². The Morgan fingerprint density at radius 3 is 2.18 bits per heavy atom. The summed E-state index contributed by atoms with van der Waals surface area (Å²) in [7, 11) is -3.81. The summed E-state index contributed by atoms with van der Waals surface area (Å²) >= 11 is 0. The van der Waals surface area contributed by atoms with Crippen molar-refractivity contribution >= 4 is 21.9 Å². The van der Waals surface area contributed by atoms with Gasteiger partial charge in [0.1, 0.15) is 6.04 Å². The van der Waals surface area contributed by atoms with Gasteiger partial charge in [-0.3, -0.25) is 4.79 Å². The Morgan fingerprint density at radius 2 is 1.73 bits per heavy atom. The molecule has 0 radical (unpaired) electrons. The number of carbonyl (C=O) groups excluding carboxylic acids is 1. The highest BCUT2D eigenvalue weighted by Gasteiger charge is 2.24. The topological polar surface area (TPSA) is 113 Å². The molecule has 1 aromatic rings. The lowest BCUT2D eigenvalue weighted by molar-refractivity contribution is -0.142. The van der Waals surface area contributed by atoms with E-state index >= 15 is 0 Å². The average molecular weight is 328 g/mol. The van der Waals surface area contributed by atoms with Crippen LogP contribution in [0.15, 0.2) is 29.2 Å². The molecule has 0 aliphatic rings. The smallest absolute Gasteiger partial charge is 0.326 e. The summed E-state index contributed by atoms with van der Waals surface area (Å²) in [4.78, 5) is 22.7. The van der Waals surface area contributed by atoms with Crippen LogP contribution in [0.3, 0.4) is 0 Å². The van der Waals surface area contributed by atoms with Gasteiger partial charge in [0.15, 0.2) is 0 Å². The highest BCUT2D eigenvalue weighted by atomic mass is 32.2. The van der Waals surface area contributed by atoms with Crippen molar-refractivity contribution < 1.29 is 23.1 Å². The molecule has 0 spiro atoms. The second-order valence-electron chi connectivity index (χ2n) is 5.27. The second-order valence-corrected chi connectivity index (χ2v) is 7.03. The lowest BCUT2D eigenvalue weighted by Crippen LogP contribution is -2.47.